The average molecular weight is 346 g/mol. The third-order valence-electron chi connectivity index (χ3n) is 3.89. The number of primary amides is 1. The lowest BCUT2D eigenvalue weighted by Gasteiger charge is -2.06. The number of nitrogens with one attached hydrogen (secondary N) is 1. The summed E-state index contributed by atoms with van der Waals surface area (Å²) in [6.07, 6.45) is 8.46. The maximum atomic E-state index is 12.1. The minimum Gasteiger partial charge on any atom is -0.366 e. The molecule has 0 saturated carbocycles. The van der Waals surface area contributed by atoms with Crippen molar-refractivity contribution < 1.29 is 9.59 Å². The lowest BCUT2D eigenvalue weighted by molar-refractivity contribution is -0.111. The molecule has 0 atom stereocenters. The molecule has 1 aromatic heterocycles. The van der Waals surface area contributed by atoms with E-state index in [1.807, 2.05) is 35.0 Å². The van der Waals surface area contributed by atoms with Gasteiger partial charge >= 0.3 is 0 Å². The molecule has 0 aliphatic heterocycles. The van der Waals surface area contributed by atoms with Crippen LogP contribution in [0.5, 0.6) is 0 Å². The molecule has 0 saturated heterocycles. The first-order valence-corrected chi connectivity index (χ1v) is 8.01. The third kappa shape index (κ3) is 4.05. The van der Waals surface area contributed by atoms with Crippen molar-refractivity contribution in [2.75, 3.05) is 5.32 Å². The Kier molecular flexibility index (Phi) is 4.94. The summed E-state index contributed by atoms with van der Waals surface area (Å²) in [6, 6.07) is 12.8. The van der Waals surface area contributed by atoms with Crippen molar-refractivity contribution in [1.82, 2.24) is 9.55 Å². The van der Waals surface area contributed by atoms with Crippen molar-refractivity contribution in [3.05, 3.63) is 84.0 Å². The first kappa shape index (κ1) is 17.2. The van der Waals surface area contributed by atoms with Gasteiger partial charge < -0.3 is 15.6 Å². The number of aromatic nitrogens is 2. The van der Waals surface area contributed by atoms with Crippen molar-refractivity contribution in [3.8, 4) is 5.69 Å². The SMILES string of the molecule is Cc1ccc(NC(=O)C=Cc2ccc(-n3ccnc3)cc2)cc1C(N)=O. The molecule has 0 spiro atoms. The van der Waals surface area contributed by atoms with Crippen LogP contribution in [0.4, 0.5) is 5.69 Å². The van der Waals surface area contributed by atoms with E-state index < -0.39 is 5.91 Å². The topological polar surface area (TPSA) is 90.0 Å². The largest absolute Gasteiger partial charge is 0.366 e. The van der Waals surface area contributed by atoms with Crippen LogP contribution < -0.4 is 11.1 Å². The molecular weight excluding hydrogens is 328 g/mol. The van der Waals surface area contributed by atoms with E-state index in [0.29, 0.717) is 11.3 Å². The van der Waals surface area contributed by atoms with Gasteiger partial charge in [-0.15, -0.1) is 0 Å². The van der Waals surface area contributed by atoms with E-state index in [1.165, 1.54) is 6.08 Å². The smallest absolute Gasteiger partial charge is 0.249 e. The summed E-state index contributed by atoms with van der Waals surface area (Å²) < 4.78 is 1.90. The lowest BCUT2D eigenvalue weighted by Crippen LogP contribution is -2.14. The number of benzene rings is 2. The van der Waals surface area contributed by atoms with Gasteiger partial charge in [-0.3, -0.25) is 9.59 Å². The maximum absolute atomic E-state index is 12.1. The Morgan fingerprint density at radius 2 is 1.92 bits per heavy atom. The average Bonchev–Trinajstić information content (AvgIpc) is 3.16. The highest BCUT2D eigenvalue weighted by Gasteiger charge is 2.07. The number of hydrogen-bond donors (Lipinski definition) is 2. The van der Waals surface area contributed by atoms with Gasteiger partial charge in [0.1, 0.15) is 0 Å². The molecule has 0 bridgehead atoms. The van der Waals surface area contributed by atoms with Crippen LogP contribution in [-0.4, -0.2) is 21.4 Å². The van der Waals surface area contributed by atoms with Crippen molar-refractivity contribution in [2.24, 2.45) is 5.73 Å². The second kappa shape index (κ2) is 7.48. The van der Waals surface area contributed by atoms with E-state index >= 15 is 0 Å². The summed E-state index contributed by atoms with van der Waals surface area (Å²) in [5.74, 6) is -0.810. The number of carbonyl (C=O) groups excluding carboxylic acids is 2. The van der Waals surface area contributed by atoms with Gasteiger partial charge in [-0.1, -0.05) is 18.2 Å². The van der Waals surface area contributed by atoms with E-state index in [2.05, 4.69) is 10.3 Å². The fraction of sp³-hybridized carbons (Fsp3) is 0.0500. The van der Waals surface area contributed by atoms with Crippen molar-refractivity contribution in [3.63, 3.8) is 0 Å². The molecule has 3 rings (SSSR count). The van der Waals surface area contributed by atoms with Gasteiger partial charge in [-0.25, -0.2) is 4.98 Å². The predicted octanol–water partition coefficient (Wildman–Crippen LogP) is 2.93. The number of imidazole rings is 1. The maximum Gasteiger partial charge on any atom is 0.249 e. The first-order chi connectivity index (χ1) is 12.5. The van der Waals surface area contributed by atoms with Crippen LogP contribution in [0.1, 0.15) is 21.5 Å². The zero-order valence-corrected chi connectivity index (χ0v) is 14.2. The molecule has 0 fully saturated rings. The number of aryl methyl sites for hydroxylation is 1. The Labute approximate surface area is 151 Å². The molecule has 3 N–H and O–H groups in total. The summed E-state index contributed by atoms with van der Waals surface area (Å²) >= 11 is 0. The van der Waals surface area contributed by atoms with Gasteiger partial charge in [0.15, 0.2) is 0 Å². The molecule has 6 heteroatoms. The van der Waals surface area contributed by atoms with Crippen LogP contribution in [0.15, 0.2) is 67.3 Å². The molecule has 0 unspecified atom stereocenters. The van der Waals surface area contributed by atoms with E-state index in [9.17, 15) is 9.59 Å². The quantitative estimate of drug-likeness (QED) is 0.696. The first-order valence-electron chi connectivity index (χ1n) is 8.01. The van der Waals surface area contributed by atoms with Gasteiger partial charge in [-0.05, 0) is 48.4 Å². The van der Waals surface area contributed by atoms with Crippen molar-refractivity contribution >= 4 is 23.6 Å². The molecule has 26 heavy (non-hydrogen) atoms. The zero-order chi connectivity index (χ0) is 18.5. The second-order valence-electron chi connectivity index (χ2n) is 5.78. The Morgan fingerprint density at radius 1 is 1.15 bits per heavy atom. The molecule has 2 aromatic carbocycles. The third-order valence-corrected chi connectivity index (χ3v) is 3.89. The highest BCUT2D eigenvalue weighted by atomic mass is 16.1. The minimum atomic E-state index is -0.521. The van der Waals surface area contributed by atoms with Gasteiger partial charge in [-0.2, -0.15) is 0 Å². The summed E-state index contributed by atoms with van der Waals surface area (Å²) in [5, 5.41) is 2.72. The van der Waals surface area contributed by atoms with Gasteiger partial charge in [0, 0.05) is 35.4 Å². The molecule has 3 aromatic rings. The number of amides is 2. The minimum absolute atomic E-state index is 0.289. The standard InChI is InChI=1S/C20H18N4O2/c1-14-2-6-16(12-18(14)20(21)26)23-19(25)9-5-15-3-7-17(8-4-15)24-11-10-22-13-24/h2-13H,1H3,(H2,21,26)(H,23,25). The predicted molar refractivity (Wildman–Crippen MR) is 101 cm³/mol. The Bertz CT molecular complexity index is 958. The fourth-order valence-corrected chi connectivity index (χ4v) is 2.49. The molecule has 0 radical (unpaired) electrons. The van der Waals surface area contributed by atoms with Crippen LogP contribution in [0.3, 0.4) is 0 Å². The number of nitrogens with two attached hydrogens (primary N) is 1. The highest BCUT2D eigenvalue weighted by molar-refractivity contribution is 6.03. The molecule has 6 nitrogen and oxygen atoms in total. The van der Waals surface area contributed by atoms with E-state index in [4.69, 9.17) is 5.73 Å². The van der Waals surface area contributed by atoms with Crippen LogP contribution >= 0.6 is 0 Å². The molecule has 0 aliphatic carbocycles. The van der Waals surface area contributed by atoms with Crippen molar-refractivity contribution in [2.45, 2.75) is 6.92 Å². The Balaban J connectivity index is 1.66. The monoisotopic (exact) mass is 346 g/mol. The second-order valence-corrected chi connectivity index (χ2v) is 5.78. The van der Waals surface area contributed by atoms with Gasteiger partial charge in [0.05, 0.1) is 6.33 Å². The van der Waals surface area contributed by atoms with Crippen molar-refractivity contribution in [1.29, 1.82) is 0 Å². The molecular formula is C20H18N4O2. The van der Waals surface area contributed by atoms with Crippen LogP contribution in [0.25, 0.3) is 11.8 Å². The zero-order valence-electron chi connectivity index (χ0n) is 14.2. The summed E-state index contributed by atoms with van der Waals surface area (Å²) in [6.45, 7) is 1.79. The summed E-state index contributed by atoms with van der Waals surface area (Å²) in [4.78, 5) is 27.5. The van der Waals surface area contributed by atoms with Gasteiger partial charge in [0.25, 0.3) is 0 Å². The van der Waals surface area contributed by atoms with Crippen LogP contribution in [0, 0.1) is 6.92 Å². The Hall–Kier alpha value is -3.67. The summed E-state index contributed by atoms with van der Waals surface area (Å²) in [5.41, 5.74) is 8.89. The number of hydrogen-bond acceptors (Lipinski definition) is 3. The number of anilines is 1. The number of nitrogens with zero attached hydrogens (tertiary/aromatic N) is 2. The highest BCUT2D eigenvalue weighted by Crippen LogP contribution is 2.15. The van der Waals surface area contributed by atoms with E-state index in [0.717, 1.165) is 16.8 Å². The van der Waals surface area contributed by atoms with Crippen LogP contribution in [0.2, 0.25) is 0 Å². The van der Waals surface area contributed by atoms with Gasteiger partial charge in [0.2, 0.25) is 11.8 Å². The van der Waals surface area contributed by atoms with E-state index in [1.54, 1.807) is 43.7 Å². The Morgan fingerprint density at radius 3 is 2.58 bits per heavy atom. The number of rotatable bonds is 5. The normalized spacial score (nSPS) is 10.8. The van der Waals surface area contributed by atoms with E-state index in [-0.39, 0.29) is 5.91 Å². The fourth-order valence-electron chi connectivity index (χ4n) is 2.49. The lowest BCUT2D eigenvalue weighted by atomic mass is 10.1. The summed E-state index contributed by atoms with van der Waals surface area (Å²) in [7, 11) is 0. The number of carbonyl (C=O) groups is 2. The molecule has 1 heterocycles. The molecule has 2 amide bonds. The molecule has 0 aliphatic rings. The molecule has 130 valence electrons. The van der Waals surface area contributed by atoms with Crippen LogP contribution in [-0.2, 0) is 4.79 Å².